The highest BCUT2D eigenvalue weighted by Gasteiger charge is 2.76. The number of hydrogen-bond donors (Lipinski definition) is 0. The maximum atomic E-state index is 12.6. The summed E-state index contributed by atoms with van der Waals surface area (Å²) in [5, 5.41) is 0.630. The fourth-order valence-electron chi connectivity index (χ4n) is 3.10. The van der Waals surface area contributed by atoms with Gasteiger partial charge in [0.1, 0.15) is 18.0 Å². The van der Waals surface area contributed by atoms with Crippen LogP contribution in [0.25, 0.3) is 0 Å². The minimum atomic E-state index is -3.07. The predicted molar refractivity (Wildman–Crippen MR) is 66.3 cm³/mol. The Hall–Kier alpha value is -0.830. The molecule has 4 nitrogen and oxygen atoms in total. The van der Waals surface area contributed by atoms with E-state index in [1.165, 1.54) is 6.42 Å². The molecule has 1 aromatic carbocycles. The lowest BCUT2D eigenvalue weighted by molar-refractivity contribution is 0.122. The number of methoxy groups -OCH3 is 1. The third kappa shape index (κ3) is 1.26. The third-order valence-electron chi connectivity index (χ3n) is 4.48. The lowest BCUT2D eigenvalue weighted by Gasteiger charge is -2.30. The van der Waals surface area contributed by atoms with E-state index in [-0.39, 0.29) is 17.6 Å². The summed E-state index contributed by atoms with van der Waals surface area (Å²) in [5.41, 5.74) is 0.223. The molecule has 2 saturated carbocycles. The molecule has 1 spiro atoms. The van der Waals surface area contributed by atoms with Crippen LogP contribution in [0.2, 0.25) is 0 Å². The van der Waals surface area contributed by atoms with E-state index >= 15 is 0 Å². The molecule has 0 aromatic heterocycles. The molecule has 5 heteroatoms. The van der Waals surface area contributed by atoms with E-state index in [1.807, 2.05) is 0 Å². The third-order valence-corrected chi connectivity index (χ3v) is 6.42. The maximum Gasteiger partial charge on any atom is 0.362 e. The van der Waals surface area contributed by atoms with Gasteiger partial charge in [-0.25, -0.2) is 0 Å². The number of hydrogen-bond acceptors (Lipinski definition) is 4. The van der Waals surface area contributed by atoms with Crippen LogP contribution in [0.1, 0.15) is 19.3 Å². The topological polar surface area (TPSA) is 44.8 Å². The maximum absolute atomic E-state index is 12.6. The fourth-order valence-corrected chi connectivity index (χ4v) is 5.15. The lowest BCUT2D eigenvalue weighted by Crippen LogP contribution is -2.24. The van der Waals surface area contributed by atoms with Crippen LogP contribution in [0.3, 0.4) is 0 Å². The van der Waals surface area contributed by atoms with Crippen molar-refractivity contribution in [3.05, 3.63) is 24.3 Å². The summed E-state index contributed by atoms with van der Waals surface area (Å²) in [6, 6.07) is 7.09. The molecule has 96 valence electrons. The number of rotatable bonds is 2. The van der Waals surface area contributed by atoms with Crippen molar-refractivity contribution in [2.45, 2.75) is 31.5 Å². The molecule has 1 heterocycles. The molecule has 0 N–H and O–H groups in total. The summed E-state index contributed by atoms with van der Waals surface area (Å²) in [6.45, 7) is 0. The lowest BCUT2D eigenvalue weighted by atomic mass is 9.81. The summed E-state index contributed by atoms with van der Waals surface area (Å²) in [6.07, 6.45) is 3.70. The second-order valence-corrected chi connectivity index (χ2v) is 7.27. The molecule has 18 heavy (non-hydrogen) atoms. The van der Waals surface area contributed by atoms with Gasteiger partial charge >= 0.3 is 7.60 Å². The Bertz CT molecular complexity index is 516. The molecule has 1 aliphatic heterocycles. The number of ether oxygens (including phenoxy) is 1. The van der Waals surface area contributed by atoms with E-state index in [1.54, 1.807) is 31.4 Å². The largest absolute Gasteiger partial charge is 0.497 e. The highest BCUT2D eigenvalue weighted by molar-refractivity contribution is 7.62. The van der Waals surface area contributed by atoms with Crippen molar-refractivity contribution in [2.24, 2.45) is 5.41 Å². The van der Waals surface area contributed by atoms with E-state index in [0.29, 0.717) is 5.30 Å². The minimum absolute atomic E-state index is 0.0687. The summed E-state index contributed by atoms with van der Waals surface area (Å²) in [5.74, 6) is 0.741. The first-order chi connectivity index (χ1) is 8.68. The molecule has 2 aliphatic carbocycles. The Labute approximate surface area is 106 Å². The molecule has 1 saturated heterocycles. The Morgan fingerprint density at radius 2 is 1.83 bits per heavy atom. The smallest absolute Gasteiger partial charge is 0.362 e. The first kappa shape index (κ1) is 11.0. The standard InChI is InChI=1S/C13H15O4P/c1-15-9-3-5-10(6-4-9)18(14)16-11-12(17-18)13(11)7-2-8-13/h3-6,11-12H,2,7-8H2,1H3. The highest BCUT2D eigenvalue weighted by Crippen LogP contribution is 2.76. The SMILES string of the molecule is COc1ccc(P2(=O)OC3C(O2)C32CCC2)cc1. The predicted octanol–water partition coefficient (Wildman–Crippen LogP) is 2.48. The Kier molecular flexibility index (Phi) is 2.07. The van der Waals surface area contributed by atoms with Gasteiger partial charge in [-0.3, -0.25) is 13.6 Å². The molecule has 0 amide bonds. The van der Waals surface area contributed by atoms with Crippen LogP contribution in [0.4, 0.5) is 0 Å². The second kappa shape index (κ2) is 3.38. The van der Waals surface area contributed by atoms with Gasteiger partial charge in [0.2, 0.25) is 0 Å². The van der Waals surface area contributed by atoms with Gasteiger partial charge in [-0.15, -0.1) is 0 Å². The molecule has 3 aliphatic rings. The van der Waals surface area contributed by atoms with Crippen LogP contribution in [0, 0.1) is 5.41 Å². The van der Waals surface area contributed by atoms with Crippen LogP contribution in [-0.2, 0) is 13.6 Å². The molecule has 0 radical (unpaired) electrons. The van der Waals surface area contributed by atoms with E-state index in [2.05, 4.69) is 0 Å². The highest BCUT2D eigenvalue weighted by atomic mass is 31.2. The van der Waals surface area contributed by atoms with Crippen LogP contribution < -0.4 is 10.0 Å². The molecule has 2 unspecified atom stereocenters. The molecule has 4 rings (SSSR count). The van der Waals surface area contributed by atoms with E-state index in [9.17, 15) is 4.57 Å². The number of fused-ring (bicyclic) bond motifs is 3. The zero-order chi connectivity index (χ0) is 12.4. The Morgan fingerprint density at radius 1 is 1.22 bits per heavy atom. The summed E-state index contributed by atoms with van der Waals surface area (Å²) >= 11 is 0. The van der Waals surface area contributed by atoms with Gasteiger partial charge in [0.05, 0.1) is 12.4 Å². The zero-order valence-electron chi connectivity index (χ0n) is 10.2. The van der Waals surface area contributed by atoms with Crippen molar-refractivity contribution in [1.82, 2.24) is 0 Å². The molecule has 2 atom stereocenters. The average molecular weight is 266 g/mol. The first-order valence-electron chi connectivity index (χ1n) is 6.29. The van der Waals surface area contributed by atoms with Gasteiger partial charge in [0, 0.05) is 5.41 Å². The molecular formula is C13H15O4P. The van der Waals surface area contributed by atoms with Crippen molar-refractivity contribution in [3.63, 3.8) is 0 Å². The molecule has 1 aromatic rings. The molecule has 0 bridgehead atoms. The van der Waals surface area contributed by atoms with E-state index in [0.717, 1.165) is 18.6 Å². The first-order valence-corrected chi connectivity index (χ1v) is 7.84. The van der Waals surface area contributed by atoms with E-state index in [4.69, 9.17) is 13.8 Å². The van der Waals surface area contributed by atoms with E-state index < -0.39 is 7.60 Å². The monoisotopic (exact) mass is 266 g/mol. The second-order valence-electron chi connectivity index (χ2n) is 5.33. The van der Waals surface area contributed by atoms with Gasteiger partial charge in [-0.1, -0.05) is 6.42 Å². The van der Waals surface area contributed by atoms with Gasteiger partial charge in [-0.05, 0) is 37.1 Å². The van der Waals surface area contributed by atoms with Gasteiger partial charge in [-0.2, -0.15) is 0 Å². The van der Waals surface area contributed by atoms with Crippen molar-refractivity contribution < 1.29 is 18.3 Å². The minimum Gasteiger partial charge on any atom is -0.497 e. The summed E-state index contributed by atoms with van der Waals surface area (Å²) < 4.78 is 29.1. The van der Waals surface area contributed by atoms with Gasteiger partial charge < -0.3 is 4.74 Å². The number of benzene rings is 1. The summed E-state index contributed by atoms with van der Waals surface area (Å²) in [4.78, 5) is 0. The fraction of sp³-hybridized carbons (Fsp3) is 0.538. The van der Waals surface area contributed by atoms with Crippen molar-refractivity contribution in [3.8, 4) is 5.75 Å². The Balaban J connectivity index is 1.57. The average Bonchev–Trinajstić information content (AvgIpc) is 2.81. The molecular weight excluding hydrogens is 251 g/mol. The van der Waals surface area contributed by atoms with Gasteiger partial charge in [0.15, 0.2) is 0 Å². The zero-order valence-corrected chi connectivity index (χ0v) is 11.1. The summed E-state index contributed by atoms with van der Waals surface area (Å²) in [7, 11) is -1.47. The van der Waals surface area contributed by atoms with Crippen molar-refractivity contribution in [1.29, 1.82) is 0 Å². The molecule has 3 fully saturated rings. The normalized spacial score (nSPS) is 39.2. The van der Waals surface area contributed by atoms with Crippen molar-refractivity contribution >= 4 is 12.9 Å². The van der Waals surface area contributed by atoms with Crippen LogP contribution in [-0.4, -0.2) is 19.3 Å². The Morgan fingerprint density at radius 3 is 2.28 bits per heavy atom. The quantitative estimate of drug-likeness (QED) is 0.771. The van der Waals surface area contributed by atoms with Crippen molar-refractivity contribution in [2.75, 3.05) is 7.11 Å². The van der Waals surface area contributed by atoms with Crippen LogP contribution in [0.5, 0.6) is 5.75 Å². The van der Waals surface area contributed by atoms with Crippen LogP contribution >= 0.6 is 7.60 Å². The van der Waals surface area contributed by atoms with Gasteiger partial charge in [0.25, 0.3) is 0 Å². The van der Waals surface area contributed by atoms with Crippen LogP contribution in [0.15, 0.2) is 24.3 Å².